The molecule has 0 aliphatic carbocycles. The van der Waals surface area contributed by atoms with Gasteiger partial charge >= 0.3 is 5.97 Å². The molecule has 0 aliphatic rings. The van der Waals surface area contributed by atoms with Crippen LogP contribution < -0.4 is 4.74 Å². The molecule has 3 aromatic rings. The van der Waals surface area contributed by atoms with Crippen molar-refractivity contribution >= 4 is 33.2 Å². The number of hydrogen-bond donors (Lipinski definition) is 1. The van der Waals surface area contributed by atoms with E-state index in [-0.39, 0.29) is 18.1 Å². The molecule has 0 fully saturated rings. The fourth-order valence-electron chi connectivity index (χ4n) is 2.25. The predicted octanol–water partition coefficient (Wildman–Crippen LogP) is 4.91. The van der Waals surface area contributed by atoms with Gasteiger partial charge in [0.05, 0.1) is 5.01 Å². The summed E-state index contributed by atoms with van der Waals surface area (Å²) in [6, 6.07) is 12.0. The fraction of sp³-hybridized carbons (Fsp3) is 0.111. The van der Waals surface area contributed by atoms with Crippen LogP contribution in [0.1, 0.15) is 26.6 Å². The minimum absolute atomic E-state index is 0.0313. The van der Waals surface area contributed by atoms with Crippen molar-refractivity contribution in [2.45, 2.75) is 13.0 Å². The Morgan fingerprint density at radius 2 is 2.04 bits per heavy atom. The lowest BCUT2D eigenvalue weighted by Gasteiger charge is -2.12. The third-order valence-electron chi connectivity index (χ3n) is 3.48. The van der Waals surface area contributed by atoms with Gasteiger partial charge in [0.15, 0.2) is 5.69 Å². The van der Waals surface area contributed by atoms with E-state index >= 15 is 0 Å². The number of rotatable bonds is 6. The predicted molar refractivity (Wildman–Crippen MR) is 96.8 cm³/mol. The summed E-state index contributed by atoms with van der Waals surface area (Å²) < 4.78 is 20.4. The molecule has 0 saturated carbocycles. The third-order valence-corrected chi connectivity index (χ3v) is 4.82. The highest BCUT2D eigenvalue weighted by molar-refractivity contribution is 9.10. The Labute approximate surface area is 156 Å². The van der Waals surface area contributed by atoms with Gasteiger partial charge in [-0.25, -0.2) is 14.2 Å². The Morgan fingerprint density at radius 1 is 1.24 bits per heavy atom. The molecule has 128 valence electrons. The Balaban J connectivity index is 1.80. The van der Waals surface area contributed by atoms with E-state index in [1.54, 1.807) is 24.3 Å². The molecule has 1 aromatic heterocycles. The number of halogens is 2. The van der Waals surface area contributed by atoms with Crippen molar-refractivity contribution in [2.24, 2.45) is 0 Å². The van der Waals surface area contributed by atoms with E-state index in [0.717, 1.165) is 10.0 Å². The molecule has 0 bridgehead atoms. The van der Waals surface area contributed by atoms with E-state index in [4.69, 9.17) is 9.84 Å². The molecule has 4 nitrogen and oxygen atoms in total. The van der Waals surface area contributed by atoms with Crippen LogP contribution in [0.15, 0.2) is 52.3 Å². The summed E-state index contributed by atoms with van der Waals surface area (Å²) in [5.41, 5.74) is 1.35. The number of ether oxygens (including phenoxy) is 1. The lowest BCUT2D eigenvalue weighted by molar-refractivity contribution is 0.0691. The van der Waals surface area contributed by atoms with Crippen molar-refractivity contribution in [3.63, 3.8) is 0 Å². The highest BCUT2D eigenvalue weighted by atomic mass is 79.9. The number of hydrogen-bond acceptors (Lipinski definition) is 4. The molecule has 0 unspecified atom stereocenters. The second-order valence-corrected chi connectivity index (χ2v) is 7.10. The van der Waals surface area contributed by atoms with Crippen LogP contribution in [0.5, 0.6) is 5.75 Å². The van der Waals surface area contributed by atoms with Gasteiger partial charge in [-0.3, -0.25) is 0 Å². The van der Waals surface area contributed by atoms with Crippen molar-refractivity contribution < 1.29 is 19.0 Å². The van der Waals surface area contributed by atoms with Gasteiger partial charge in [-0.05, 0) is 24.3 Å². The van der Waals surface area contributed by atoms with Gasteiger partial charge in [0.2, 0.25) is 0 Å². The van der Waals surface area contributed by atoms with Gasteiger partial charge in [0.1, 0.15) is 18.2 Å². The molecule has 2 aromatic carbocycles. The molecule has 0 atom stereocenters. The molecule has 0 aliphatic heterocycles. The van der Waals surface area contributed by atoms with E-state index in [9.17, 15) is 9.18 Å². The van der Waals surface area contributed by atoms with Crippen LogP contribution in [-0.2, 0) is 13.0 Å². The van der Waals surface area contributed by atoms with Crippen LogP contribution in [0.2, 0.25) is 0 Å². The minimum Gasteiger partial charge on any atom is -0.489 e. The molecule has 0 saturated heterocycles. The third kappa shape index (κ3) is 4.43. The van der Waals surface area contributed by atoms with Crippen molar-refractivity contribution in [1.82, 2.24) is 4.98 Å². The molecule has 0 amide bonds. The monoisotopic (exact) mass is 421 g/mol. The van der Waals surface area contributed by atoms with E-state index in [1.165, 1.54) is 22.8 Å². The van der Waals surface area contributed by atoms with Gasteiger partial charge in [-0.15, -0.1) is 11.3 Å². The maximum Gasteiger partial charge on any atom is 0.355 e. The molecule has 7 heteroatoms. The SMILES string of the molecule is O=C(O)c1csc(Cc2cc(Br)ccc2OCc2ccccc2F)n1. The Bertz CT molecular complexity index is 913. The summed E-state index contributed by atoms with van der Waals surface area (Å²) >= 11 is 4.70. The topological polar surface area (TPSA) is 59.4 Å². The summed E-state index contributed by atoms with van der Waals surface area (Å²) in [5, 5.41) is 11.2. The Hall–Kier alpha value is -2.25. The fourth-order valence-corrected chi connectivity index (χ4v) is 3.45. The van der Waals surface area contributed by atoms with E-state index in [2.05, 4.69) is 20.9 Å². The van der Waals surface area contributed by atoms with Gasteiger partial charge in [-0.2, -0.15) is 0 Å². The van der Waals surface area contributed by atoms with Gasteiger partial charge in [0.25, 0.3) is 0 Å². The van der Waals surface area contributed by atoms with Gasteiger partial charge in [-0.1, -0.05) is 34.1 Å². The highest BCUT2D eigenvalue weighted by Crippen LogP contribution is 2.27. The number of carbonyl (C=O) groups is 1. The summed E-state index contributed by atoms with van der Waals surface area (Å²) in [6.45, 7) is 0.111. The molecule has 0 radical (unpaired) electrons. The maximum absolute atomic E-state index is 13.7. The minimum atomic E-state index is -1.05. The lowest BCUT2D eigenvalue weighted by atomic mass is 10.1. The second-order valence-electron chi connectivity index (χ2n) is 5.24. The van der Waals surface area contributed by atoms with Crippen LogP contribution >= 0.6 is 27.3 Å². The number of carboxylic acids is 1. The van der Waals surface area contributed by atoms with E-state index in [0.29, 0.717) is 22.7 Å². The van der Waals surface area contributed by atoms with Crippen molar-refractivity contribution in [3.05, 3.63) is 80.0 Å². The van der Waals surface area contributed by atoms with Gasteiger partial charge < -0.3 is 9.84 Å². The number of carboxylic acid groups (broad SMARTS) is 1. The van der Waals surface area contributed by atoms with Gasteiger partial charge in [0, 0.05) is 27.4 Å². The number of benzene rings is 2. The van der Waals surface area contributed by atoms with Crippen LogP contribution in [0.4, 0.5) is 4.39 Å². The first-order valence-electron chi connectivity index (χ1n) is 7.35. The van der Waals surface area contributed by atoms with Crippen molar-refractivity contribution in [3.8, 4) is 5.75 Å². The first-order chi connectivity index (χ1) is 12.0. The maximum atomic E-state index is 13.7. The highest BCUT2D eigenvalue weighted by Gasteiger charge is 2.13. The standard InChI is InChI=1S/C18H13BrFNO3S/c19-13-5-6-16(24-9-11-3-1-2-4-14(11)20)12(7-13)8-17-21-15(10-25-17)18(22)23/h1-7,10H,8-9H2,(H,22,23). The van der Waals surface area contributed by atoms with Crippen LogP contribution in [0.3, 0.4) is 0 Å². The number of aromatic nitrogens is 1. The van der Waals surface area contributed by atoms with Crippen LogP contribution in [0, 0.1) is 5.82 Å². The molecule has 25 heavy (non-hydrogen) atoms. The number of thiazole rings is 1. The molecular weight excluding hydrogens is 409 g/mol. The smallest absolute Gasteiger partial charge is 0.355 e. The summed E-state index contributed by atoms with van der Waals surface area (Å²) in [5.74, 6) is -0.751. The molecule has 1 N–H and O–H groups in total. The molecule has 3 rings (SSSR count). The summed E-state index contributed by atoms with van der Waals surface area (Å²) in [7, 11) is 0. The van der Waals surface area contributed by atoms with Crippen molar-refractivity contribution in [2.75, 3.05) is 0 Å². The van der Waals surface area contributed by atoms with E-state index in [1.807, 2.05) is 12.1 Å². The first-order valence-corrected chi connectivity index (χ1v) is 9.02. The van der Waals surface area contributed by atoms with Crippen LogP contribution in [-0.4, -0.2) is 16.1 Å². The molecule has 1 heterocycles. The Kier molecular flexibility index (Phi) is 5.45. The molecular formula is C18H13BrFNO3S. The Morgan fingerprint density at radius 3 is 2.76 bits per heavy atom. The lowest BCUT2D eigenvalue weighted by Crippen LogP contribution is -2.02. The van der Waals surface area contributed by atoms with Crippen molar-refractivity contribution in [1.29, 1.82) is 0 Å². The van der Waals surface area contributed by atoms with Crippen LogP contribution in [0.25, 0.3) is 0 Å². The number of aromatic carboxylic acids is 1. The normalized spacial score (nSPS) is 10.6. The number of nitrogens with zero attached hydrogens (tertiary/aromatic N) is 1. The zero-order valence-electron chi connectivity index (χ0n) is 12.9. The summed E-state index contributed by atoms with van der Waals surface area (Å²) in [6.07, 6.45) is 0.435. The average Bonchev–Trinajstić information content (AvgIpc) is 3.04. The molecule has 0 spiro atoms. The first kappa shape index (κ1) is 17.6. The largest absolute Gasteiger partial charge is 0.489 e. The quantitative estimate of drug-likeness (QED) is 0.613. The zero-order chi connectivity index (χ0) is 17.8. The van der Waals surface area contributed by atoms with E-state index < -0.39 is 5.97 Å². The summed E-state index contributed by atoms with van der Waals surface area (Å²) in [4.78, 5) is 15.1. The zero-order valence-corrected chi connectivity index (χ0v) is 15.3. The second kappa shape index (κ2) is 7.76. The average molecular weight is 422 g/mol.